The molecule has 1 heterocycles. The topological polar surface area (TPSA) is 43.8 Å². The molecular formula is C17H25N3. The predicted molar refractivity (Wildman–Crippen MR) is 83.8 cm³/mol. The summed E-state index contributed by atoms with van der Waals surface area (Å²) in [5.74, 6) is 1.14. The number of aromatic nitrogens is 2. The molecule has 2 N–H and O–H groups in total. The van der Waals surface area contributed by atoms with Gasteiger partial charge >= 0.3 is 0 Å². The molecule has 0 atom stereocenters. The van der Waals surface area contributed by atoms with Gasteiger partial charge in [0.1, 0.15) is 5.82 Å². The van der Waals surface area contributed by atoms with Crippen molar-refractivity contribution in [3.63, 3.8) is 0 Å². The maximum Gasteiger partial charge on any atom is 0.112 e. The first-order chi connectivity index (χ1) is 9.39. The first-order valence-electron chi connectivity index (χ1n) is 7.65. The highest BCUT2D eigenvalue weighted by Crippen LogP contribution is 2.33. The third-order valence-corrected chi connectivity index (χ3v) is 4.41. The molecule has 0 bridgehead atoms. The predicted octanol–water partition coefficient (Wildman–Crippen LogP) is 3.61. The quantitative estimate of drug-likeness (QED) is 0.907. The second-order valence-electron chi connectivity index (χ2n) is 7.27. The first kappa shape index (κ1) is 13.6. The van der Waals surface area contributed by atoms with E-state index in [9.17, 15) is 0 Å². The van der Waals surface area contributed by atoms with Gasteiger partial charge in [0.2, 0.25) is 0 Å². The van der Waals surface area contributed by atoms with Crippen LogP contribution in [0.1, 0.15) is 52.3 Å². The van der Waals surface area contributed by atoms with Gasteiger partial charge in [0.25, 0.3) is 0 Å². The molecule has 0 amide bonds. The van der Waals surface area contributed by atoms with E-state index in [0.717, 1.165) is 30.6 Å². The van der Waals surface area contributed by atoms with E-state index in [1.807, 2.05) is 0 Å². The molecule has 1 aromatic heterocycles. The highest BCUT2D eigenvalue weighted by molar-refractivity contribution is 5.76. The van der Waals surface area contributed by atoms with Crippen molar-refractivity contribution < 1.29 is 0 Å². The van der Waals surface area contributed by atoms with Crippen LogP contribution in [0, 0.1) is 0 Å². The molecule has 2 aromatic rings. The average Bonchev–Trinajstić information content (AvgIpc) is 2.91. The second-order valence-corrected chi connectivity index (χ2v) is 7.27. The monoisotopic (exact) mass is 271 g/mol. The van der Waals surface area contributed by atoms with E-state index in [2.05, 4.69) is 49.6 Å². The number of hydrogen-bond donors (Lipinski definition) is 1. The number of para-hydroxylation sites is 2. The molecule has 1 aliphatic rings. The van der Waals surface area contributed by atoms with Crippen LogP contribution >= 0.6 is 0 Å². The van der Waals surface area contributed by atoms with Crippen molar-refractivity contribution in [2.75, 3.05) is 0 Å². The van der Waals surface area contributed by atoms with E-state index in [0.29, 0.717) is 0 Å². The van der Waals surface area contributed by atoms with Gasteiger partial charge in [0, 0.05) is 17.5 Å². The lowest BCUT2D eigenvalue weighted by Crippen LogP contribution is -2.40. The largest absolute Gasteiger partial charge is 0.325 e. The Morgan fingerprint density at radius 3 is 2.50 bits per heavy atom. The lowest BCUT2D eigenvalue weighted by molar-refractivity contribution is 0.362. The smallest absolute Gasteiger partial charge is 0.112 e. The Labute approximate surface area is 121 Å². The van der Waals surface area contributed by atoms with Gasteiger partial charge in [0.05, 0.1) is 11.0 Å². The summed E-state index contributed by atoms with van der Waals surface area (Å²) in [6, 6.07) is 8.40. The van der Waals surface area contributed by atoms with Crippen molar-refractivity contribution in [3.05, 3.63) is 30.1 Å². The van der Waals surface area contributed by atoms with Crippen LogP contribution in [0.25, 0.3) is 11.0 Å². The van der Waals surface area contributed by atoms with Crippen molar-refractivity contribution >= 4 is 11.0 Å². The Kier molecular flexibility index (Phi) is 3.13. The minimum absolute atomic E-state index is 0.0282. The number of fused-ring (bicyclic) bond motifs is 1. The summed E-state index contributed by atoms with van der Waals surface area (Å²) in [7, 11) is 0. The van der Waals surface area contributed by atoms with Gasteiger partial charge in [-0.1, -0.05) is 25.0 Å². The van der Waals surface area contributed by atoms with Crippen LogP contribution in [0.3, 0.4) is 0 Å². The summed E-state index contributed by atoms with van der Waals surface area (Å²) < 4.78 is 2.37. The maximum atomic E-state index is 6.57. The fourth-order valence-corrected chi connectivity index (χ4v) is 3.51. The molecule has 0 radical (unpaired) electrons. The number of benzene rings is 1. The van der Waals surface area contributed by atoms with Gasteiger partial charge in [-0.3, -0.25) is 0 Å². The Morgan fingerprint density at radius 2 is 1.85 bits per heavy atom. The third kappa shape index (κ3) is 2.35. The third-order valence-electron chi connectivity index (χ3n) is 4.41. The number of nitrogens with zero attached hydrogens (tertiary/aromatic N) is 2. The molecule has 1 aliphatic carbocycles. The van der Waals surface area contributed by atoms with Crippen molar-refractivity contribution in [3.8, 4) is 0 Å². The molecule has 0 unspecified atom stereocenters. The zero-order valence-corrected chi connectivity index (χ0v) is 12.8. The van der Waals surface area contributed by atoms with E-state index in [1.165, 1.54) is 18.4 Å². The lowest BCUT2D eigenvalue weighted by atomic mass is 9.94. The summed E-state index contributed by atoms with van der Waals surface area (Å²) in [4.78, 5) is 4.87. The minimum atomic E-state index is -0.0512. The van der Waals surface area contributed by atoms with Crippen LogP contribution in [0.2, 0.25) is 0 Å². The van der Waals surface area contributed by atoms with Gasteiger partial charge in [-0.15, -0.1) is 0 Å². The number of rotatable bonds is 2. The van der Waals surface area contributed by atoms with E-state index >= 15 is 0 Å². The van der Waals surface area contributed by atoms with Crippen molar-refractivity contribution in [1.29, 1.82) is 0 Å². The Bertz CT molecular complexity index is 613. The van der Waals surface area contributed by atoms with Gasteiger partial charge in [0.15, 0.2) is 0 Å². The van der Waals surface area contributed by atoms with E-state index in [1.54, 1.807) is 0 Å². The van der Waals surface area contributed by atoms with E-state index in [4.69, 9.17) is 10.7 Å². The van der Waals surface area contributed by atoms with Crippen LogP contribution in [0.4, 0.5) is 0 Å². The minimum Gasteiger partial charge on any atom is -0.325 e. The number of hydrogen-bond acceptors (Lipinski definition) is 2. The van der Waals surface area contributed by atoms with Gasteiger partial charge in [-0.05, 0) is 45.7 Å². The van der Waals surface area contributed by atoms with E-state index in [-0.39, 0.29) is 11.1 Å². The molecular weight excluding hydrogens is 246 g/mol. The molecule has 3 nitrogen and oxygen atoms in total. The lowest BCUT2D eigenvalue weighted by Gasteiger charge is -2.29. The van der Waals surface area contributed by atoms with Crippen molar-refractivity contribution in [2.45, 2.75) is 64.0 Å². The number of nitrogens with two attached hydrogens (primary N) is 1. The molecule has 1 saturated carbocycles. The fraction of sp³-hybridized carbons (Fsp3) is 0.588. The normalized spacial score (nSPS) is 18.8. The van der Waals surface area contributed by atoms with Crippen LogP contribution in [0.15, 0.2) is 24.3 Å². The average molecular weight is 271 g/mol. The molecule has 3 heteroatoms. The Balaban J connectivity index is 2.10. The zero-order valence-electron chi connectivity index (χ0n) is 12.8. The first-order valence-corrected chi connectivity index (χ1v) is 7.65. The number of imidazole rings is 1. The van der Waals surface area contributed by atoms with Gasteiger partial charge in [-0.2, -0.15) is 0 Å². The summed E-state index contributed by atoms with van der Waals surface area (Å²) in [6.07, 6.45) is 5.65. The molecule has 0 aliphatic heterocycles. The van der Waals surface area contributed by atoms with Crippen LogP contribution in [-0.2, 0) is 12.0 Å². The molecule has 1 fully saturated rings. The molecule has 20 heavy (non-hydrogen) atoms. The second kappa shape index (κ2) is 4.59. The van der Waals surface area contributed by atoms with Gasteiger partial charge < -0.3 is 10.3 Å². The molecule has 0 saturated heterocycles. The van der Waals surface area contributed by atoms with Gasteiger partial charge in [-0.25, -0.2) is 4.98 Å². The van der Waals surface area contributed by atoms with Crippen molar-refractivity contribution in [2.24, 2.45) is 5.73 Å². The molecule has 0 spiro atoms. The Morgan fingerprint density at radius 1 is 1.20 bits per heavy atom. The summed E-state index contributed by atoms with van der Waals surface area (Å²) in [6.45, 7) is 6.72. The van der Waals surface area contributed by atoms with Crippen molar-refractivity contribution in [1.82, 2.24) is 9.55 Å². The molecule has 108 valence electrons. The standard InChI is InChI=1S/C17H25N3/c1-16(2,3)20-14-9-5-4-8-13(14)19-15(20)12-17(18)10-6-7-11-17/h4-5,8-9H,6-7,10-12,18H2,1-3H3. The maximum absolute atomic E-state index is 6.57. The molecule has 1 aromatic carbocycles. The summed E-state index contributed by atoms with van der Waals surface area (Å²) in [5.41, 5.74) is 8.85. The van der Waals surface area contributed by atoms with E-state index < -0.39 is 0 Å². The highest BCUT2D eigenvalue weighted by atomic mass is 15.1. The SMILES string of the molecule is CC(C)(C)n1c(CC2(N)CCCC2)nc2ccccc21. The summed E-state index contributed by atoms with van der Waals surface area (Å²) >= 11 is 0. The summed E-state index contributed by atoms with van der Waals surface area (Å²) in [5, 5.41) is 0. The fourth-order valence-electron chi connectivity index (χ4n) is 3.51. The van der Waals surface area contributed by atoms with Crippen LogP contribution in [-0.4, -0.2) is 15.1 Å². The Hall–Kier alpha value is -1.35. The van der Waals surface area contributed by atoms with Crippen LogP contribution < -0.4 is 5.73 Å². The zero-order chi connectivity index (χ0) is 14.4. The molecule has 3 rings (SSSR count). The van der Waals surface area contributed by atoms with Crippen LogP contribution in [0.5, 0.6) is 0 Å². The highest BCUT2D eigenvalue weighted by Gasteiger charge is 2.33.